The van der Waals surface area contributed by atoms with E-state index in [1.54, 1.807) is 24.3 Å². The summed E-state index contributed by atoms with van der Waals surface area (Å²) in [6.07, 6.45) is 3.38. The van der Waals surface area contributed by atoms with Crippen LogP contribution in [0.25, 0.3) is 0 Å². The third-order valence-corrected chi connectivity index (χ3v) is 6.83. The van der Waals surface area contributed by atoms with Crippen molar-refractivity contribution in [2.45, 2.75) is 104 Å². The number of carbonyl (C=O) groups is 2. The van der Waals surface area contributed by atoms with E-state index in [9.17, 15) is 9.59 Å². The minimum Gasteiger partial charge on any atom is -0.462 e. The predicted octanol–water partition coefficient (Wildman–Crippen LogP) is 3.85. The van der Waals surface area contributed by atoms with Gasteiger partial charge in [0.1, 0.15) is 18.3 Å². The van der Waals surface area contributed by atoms with Crippen molar-refractivity contribution in [1.82, 2.24) is 0 Å². The molecule has 1 heterocycles. The number of benzene rings is 1. The molecule has 9 nitrogen and oxygen atoms in total. The maximum absolute atomic E-state index is 12.6. The fourth-order valence-corrected chi connectivity index (χ4v) is 3.97. The number of carbonyl (C=O) groups excluding carboxylic acids is 2. The zero-order chi connectivity index (χ0) is 28.5. The normalized spacial score (nSPS) is 22.5. The largest absolute Gasteiger partial charge is 0.462 e. The zero-order valence-electron chi connectivity index (χ0n) is 23.4. The van der Waals surface area contributed by atoms with Crippen LogP contribution in [0.1, 0.15) is 99.8 Å². The molecule has 0 saturated carbocycles. The maximum atomic E-state index is 12.6. The van der Waals surface area contributed by atoms with Crippen LogP contribution >= 0.6 is 0 Å². The Balaban J connectivity index is 0.000000600. The Morgan fingerprint density at radius 2 is 1.26 bits per heavy atom. The molecule has 3 unspecified atom stereocenters. The summed E-state index contributed by atoms with van der Waals surface area (Å²) in [5.41, 5.74) is 0.582. The molecule has 0 aromatic heterocycles. The Morgan fingerprint density at radius 3 is 1.63 bits per heavy atom. The second-order valence-corrected chi connectivity index (χ2v) is 9.85. The molecule has 9 heteroatoms. The molecule has 1 aromatic rings. The van der Waals surface area contributed by atoms with Crippen molar-refractivity contribution in [3.05, 3.63) is 35.4 Å². The van der Waals surface area contributed by atoms with Gasteiger partial charge in [0.25, 0.3) is 0 Å². The lowest BCUT2D eigenvalue weighted by atomic mass is 10.0. The number of ether oxygens (including phenoxy) is 3. The van der Waals surface area contributed by atoms with E-state index < -0.39 is 36.5 Å². The van der Waals surface area contributed by atoms with Crippen molar-refractivity contribution < 1.29 is 44.2 Å². The second-order valence-electron chi connectivity index (χ2n) is 9.85. The Labute approximate surface area is 227 Å². The first-order valence-electron chi connectivity index (χ1n) is 14.0. The first-order chi connectivity index (χ1) is 18.2. The van der Waals surface area contributed by atoms with Crippen molar-refractivity contribution in [2.24, 2.45) is 11.8 Å². The Hall–Kier alpha value is -2.04. The maximum Gasteiger partial charge on any atom is 0.339 e. The molecule has 0 bridgehead atoms. The first kappa shape index (κ1) is 34.0. The lowest BCUT2D eigenvalue weighted by Crippen LogP contribution is -2.52. The number of rotatable bonds is 14. The summed E-state index contributed by atoms with van der Waals surface area (Å²) < 4.78 is 15.5. The van der Waals surface area contributed by atoms with Crippen LogP contribution in [0.4, 0.5) is 0 Å². The minimum absolute atomic E-state index is 0.153. The van der Waals surface area contributed by atoms with Gasteiger partial charge in [0, 0.05) is 0 Å². The first-order valence-corrected chi connectivity index (χ1v) is 14.0. The highest BCUT2D eigenvalue weighted by molar-refractivity contribution is 6.03. The van der Waals surface area contributed by atoms with Gasteiger partial charge in [-0.05, 0) is 36.8 Å². The van der Waals surface area contributed by atoms with Gasteiger partial charge in [-0.2, -0.15) is 0 Å². The van der Waals surface area contributed by atoms with E-state index in [1.807, 2.05) is 0 Å². The van der Waals surface area contributed by atoms with Gasteiger partial charge in [0.2, 0.25) is 0 Å². The standard InChI is InChI=1S/C24H38O4.C5H10O5/c1-5-9-13-19(7-3)17-27-23(25)21-15-11-12-16-22(21)24(26)28-18-20(8-4)14-10-6-2;6-2-1-10-5(9)4(8)3(2)7/h11-12,15-16,19-20H,5-10,13-14,17-18H2,1-4H3;2-9H,1H2/t;2-,3+,4-,5?/m.1/s1. The molecule has 6 atom stereocenters. The number of aliphatic hydroxyl groups is 4. The Kier molecular flexibility index (Phi) is 17.1. The smallest absolute Gasteiger partial charge is 0.339 e. The molecule has 0 radical (unpaired) electrons. The molecule has 218 valence electrons. The van der Waals surface area contributed by atoms with E-state index in [2.05, 4.69) is 32.4 Å². The van der Waals surface area contributed by atoms with Crippen LogP contribution in [0.3, 0.4) is 0 Å². The van der Waals surface area contributed by atoms with Crippen LogP contribution in [0.2, 0.25) is 0 Å². The van der Waals surface area contributed by atoms with E-state index in [0.717, 1.165) is 51.4 Å². The van der Waals surface area contributed by atoms with E-state index >= 15 is 0 Å². The van der Waals surface area contributed by atoms with E-state index in [-0.39, 0.29) is 6.61 Å². The minimum atomic E-state index is -1.41. The lowest BCUT2D eigenvalue weighted by molar-refractivity contribution is -0.252. The summed E-state index contributed by atoms with van der Waals surface area (Å²) in [6.45, 7) is 9.18. The molecule has 1 aromatic carbocycles. The van der Waals surface area contributed by atoms with Crippen LogP contribution in [0, 0.1) is 11.8 Å². The van der Waals surface area contributed by atoms with Gasteiger partial charge >= 0.3 is 11.9 Å². The Bertz CT molecular complexity index is 735. The van der Waals surface area contributed by atoms with Gasteiger partial charge < -0.3 is 34.6 Å². The molecule has 0 aliphatic carbocycles. The van der Waals surface area contributed by atoms with Gasteiger partial charge in [-0.3, -0.25) is 0 Å². The van der Waals surface area contributed by atoms with Crippen molar-refractivity contribution in [1.29, 1.82) is 0 Å². The third-order valence-electron chi connectivity index (χ3n) is 6.83. The summed E-state index contributed by atoms with van der Waals surface area (Å²) in [6, 6.07) is 6.77. The quantitative estimate of drug-likeness (QED) is 0.259. The molecule has 0 amide bonds. The summed E-state index contributed by atoms with van der Waals surface area (Å²) in [4.78, 5) is 25.1. The zero-order valence-corrected chi connectivity index (χ0v) is 23.4. The molecule has 2 rings (SSSR count). The molecular weight excluding hydrogens is 492 g/mol. The average molecular weight is 541 g/mol. The summed E-state index contributed by atoms with van der Waals surface area (Å²) in [7, 11) is 0. The number of hydrogen-bond donors (Lipinski definition) is 4. The molecule has 1 saturated heterocycles. The topological polar surface area (TPSA) is 143 Å². The van der Waals surface area contributed by atoms with E-state index in [1.165, 1.54) is 0 Å². The number of aliphatic hydroxyl groups excluding tert-OH is 4. The Morgan fingerprint density at radius 1 is 0.816 bits per heavy atom. The molecular formula is C29H48O9. The highest BCUT2D eigenvalue weighted by atomic mass is 16.6. The molecule has 38 heavy (non-hydrogen) atoms. The van der Waals surface area contributed by atoms with Crippen LogP contribution in [0.15, 0.2) is 24.3 Å². The molecule has 1 aliphatic rings. The van der Waals surface area contributed by atoms with Crippen LogP contribution in [-0.2, 0) is 14.2 Å². The van der Waals surface area contributed by atoms with Crippen LogP contribution < -0.4 is 0 Å². The van der Waals surface area contributed by atoms with Crippen molar-refractivity contribution in [2.75, 3.05) is 19.8 Å². The van der Waals surface area contributed by atoms with Gasteiger partial charge in [0.05, 0.1) is 30.9 Å². The molecule has 0 spiro atoms. The van der Waals surface area contributed by atoms with Crippen molar-refractivity contribution in [3.8, 4) is 0 Å². The number of esters is 2. The highest BCUT2D eigenvalue weighted by Gasteiger charge is 2.36. The number of unbranched alkanes of at least 4 members (excludes halogenated alkanes) is 2. The average Bonchev–Trinajstić information content (AvgIpc) is 2.94. The van der Waals surface area contributed by atoms with Crippen LogP contribution in [0.5, 0.6) is 0 Å². The van der Waals surface area contributed by atoms with Crippen LogP contribution in [-0.4, -0.2) is 76.8 Å². The number of hydrogen-bond acceptors (Lipinski definition) is 9. The van der Waals surface area contributed by atoms with Gasteiger partial charge in [0.15, 0.2) is 6.29 Å². The van der Waals surface area contributed by atoms with Gasteiger partial charge in [-0.15, -0.1) is 0 Å². The summed E-state index contributed by atoms with van der Waals surface area (Å²) in [5, 5.41) is 35.3. The van der Waals surface area contributed by atoms with Crippen molar-refractivity contribution in [3.63, 3.8) is 0 Å². The van der Waals surface area contributed by atoms with Gasteiger partial charge in [-0.25, -0.2) is 9.59 Å². The third kappa shape index (κ3) is 11.8. The van der Waals surface area contributed by atoms with Crippen molar-refractivity contribution >= 4 is 11.9 Å². The summed E-state index contributed by atoms with van der Waals surface area (Å²) >= 11 is 0. The predicted molar refractivity (Wildman–Crippen MR) is 144 cm³/mol. The monoisotopic (exact) mass is 540 g/mol. The molecule has 1 aliphatic heterocycles. The summed E-state index contributed by atoms with van der Waals surface area (Å²) in [5.74, 6) is -0.153. The lowest BCUT2D eigenvalue weighted by Gasteiger charge is -2.31. The fraction of sp³-hybridized carbons (Fsp3) is 0.724. The molecule has 4 N–H and O–H groups in total. The fourth-order valence-electron chi connectivity index (χ4n) is 3.97. The van der Waals surface area contributed by atoms with E-state index in [4.69, 9.17) is 29.9 Å². The SMILES string of the molecule is CCCCC(CC)COC(=O)c1ccccc1C(=O)OCC(CC)CCCC.OC1OC[C@@H](O)[C@H](O)[C@H]1O. The highest BCUT2D eigenvalue weighted by Crippen LogP contribution is 2.18. The molecule has 1 fully saturated rings. The second kappa shape index (κ2) is 19.1. The van der Waals surface area contributed by atoms with Gasteiger partial charge in [-0.1, -0.05) is 78.4 Å². The van der Waals surface area contributed by atoms with E-state index in [0.29, 0.717) is 36.2 Å².